The molecule has 128 valence electrons. The zero-order chi connectivity index (χ0) is 17.5. The molecule has 0 bridgehead atoms. The molecule has 3 heterocycles. The van der Waals surface area contributed by atoms with Crippen LogP contribution in [0.2, 0.25) is 0 Å². The lowest BCUT2D eigenvalue weighted by Gasteiger charge is -2.05. The molecule has 0 aromatic carbocycles. The van der Waals surface area contributed by atoms with Gasteiger partial charge in [0.25, 0.3) is 5.56 Å². The fraction of sp³-hybridized carbons (Fsp3) is 0.200. The summed E-state index contributed by atoms with van der Waals surface area (Å²) >= 11 is 1.37. The summed E-state index contributed by atoms with van der Waals surface area (Å²) in [5.74, 6) is 0.283. The van der Waals surface area contributed by atoms with Crippen molar-refractivity contribution in [3.05, 3.63) is 58.2 Å². The molecule has 3 rings (SSSR count). The van der Waals surface area contributed by atoms with Crippen molar-refractivity contribution in [3.63, 3.8) is 0 Å². The quantitative estimate of drug-likeness (QED) is 0.636. The number of nitrogens with one attached hydrogen (secondary N) is 2. The molecular weight excluding hydrogens is 342 g/mol. The Labute approximate surface area is 146 Å². The van der Waals surface area contributed by atoms with Crippen LogP contribution in [0.4, 0.5) is 11.1 Å². The molecule has 0 aliphatic heterocycles. The van der Waals surface area contributed by atoms with Crippen LogP contribution in [0.25, 0.3) is 0 Å². The van der Waals surface area contributed by atoms with Gasteiger partial charge in [0.2, 0.25) is 11.9 Å². The highest BCUT2D eigenvalue weighted by molar-refractivity contribution is 7.13. The van der Waals surface area contributed by atoms with Crippen LogP contribution in [0.3, 0.4) is 0 Å². The van der Waals surface area contributed by atoms with E-state index in [1.54, 1.807) is 29.9 Å². The number of carbonyl (C=O) groups is 1. The standard InChI is InChI=1S/C15H15N7O2S/c23-12(16-7-8-22-13(24)3-1-6-19-22)9-11-10-25-15(20-11)21-14-17-4-2-5-18-14/h1-6,10H,7-9H2,(H,16,23)(H,17,18,20,21). The van der Waals surface area contributed by atoms with E-state index in [9.17, 15) is 9.59 Å². The number of nitrogens with zero attached hydrogens (tertiary/aromatic N) is 5. The highest BCUT2D eigenvalue weighted by Crippen LogP contribution is 2.18. The zero-order valence-electron chi connectivity index (χ0n) is 13.1. The Morgan fingerprint density at radius 3 is 2.84 bits per heavy atom. The Kier molecular flexibility index (Phi) is 5.42. The van der Waals surface area contributed by atoms with Gasteiger partial charge in [0, 0.05) is 36.6 Å². The van der Waals surface area contributed by atoms with E-state index in [2.05, 4.69) is 30.7 Å². The van der Waals surface area contributed by atoms with E-state index in [1.807, 2.05) is 0 Å². The van der Waals surface area contributed by atoms with Crippen molar-refractivity contribution in [3.8, 4) is 0 Å². The van der Waals surface area contributed by atoms with Crippen molar-refractivity contribution in [1.29, 1.82) is 0 Å². The summed E-state index contributed by atoms with van der Waals surface area (Å²) in [5, 5.41) is 12.1. The lowest BCUT2D eigenvalue weighted by molar-refractivity contribution is -0.120. The molecule has 9 nitrogen and oxygen atoms in total. The third kappa shape index (κ3) is 4.91. The predicted molar refractivity (Wildman–Crippen MR) is 92.6 cm³/mol. The smallest absolute Gasteiger partial charge is 0.266 e. The summed E-state index contributed by atoms with van der Waals surface area (Å²) in [5.41, 5.74) is 0.450. The predicted octanol–water partition coefficient (Wildman–Crippen LogP) is 0.592. The van der Waals surface area contributed by atoms with Gasteiger partial charge < -0.3 is 10.6 Å². The fourth-order valence-corrected chi connectivity index (χ4v) is 2.69. The van der Waals surface area contributed by atoms with Crippen LogP contribution in [0, 0.1) is 0 Å². The van der Waals surface area contributed by atoms with E-state index < -0.39 is 0 Å². The third-order valence-corrected chi connectivity index (χ3v) is 3.92. The van der Waals surface area contributed by atoms with Gasteiger partial charge in [-0.15, -0.1) is 11.3 Å². The molecule has 25 heavy (non-hydrogen) atoms. The number of aromatic nitrogens is 5. The maximum Gasteiger partial charge on any atom is 0.266 e. The number of hydrogen-bond donors (Lipinski definition) is 2. The second kappa shape index (κ2) is 8.11. The van der Waals surface area contributed by atoms with Crippen molar-refractivity contribution in [1.82, 2.24) is 30.0 Å². The van der Waals surface area contributed by atoms with Crippen molar-refractivity contribution in [2.75, 3.05) is 11.9 Å². The highest BCUT2D eigenvalue weighted by atomic mass is 32.1. The van der Waals surface area contributed by atoms with Gasteiger partial charge in [0.15, 0.2) is 5.13 Å². The van der Waals surface area contributed by atoms with Crippen molar-refractivity contribution in [2.45, 2.75) is 13.0 Å². The molecule has 2 N–H and O–H groups in total. The van der Waals surface area contributed by atoms with Crippen molar-refractivity contribution >= 4 is 28.3 Å². The van der Waals surface area contributed by atoms with E-state index in [4.69, 9.17) is 0 Å². The van der Waals surface area contributed by atoms with Crippen LogP contribution in [-0.2, 0) is 17.8 Å². The van der Waals surface area contributed by atoms with Gasteiger partial charge in [-0.2, -0.15) is 5.10 Å². The maximum atomic E-state index is 12.0. The average Bonchev–Trinajstić information content (AvgIpc) is 3.04. The second-order valence-corrected chi connectivity index (χ2v) is 5.81. The molecule has 0 spiro atoms. The first kappa shape index (κ1) is 16.7. The number of hydrogen-bond acceptors (Lipinski definition) is 8. The minimum Gasteiger partial charge on any atom is -0.354 e. The minimum absolute atomic E-state index is 0.158. The number of thiazole rings is 1. The number of anilines is 2. The summed E-state index contributed by atoms with van der Waals surface area (Å²) in [6.07, 6.45) is 4.95. The molecule has 1 amide bonds. The van der Waals surface area contributed by atoms with Crippen molar-refractivity contribution in [2.24, 2.45) is 0 Å². The molecule has 0 saturated heterocycles. The summed E-state index contributed by atoms with van der Waals surface area (Å²) in [6, 6.07) is 4.72. The summed E-state index contributed by atoms with van der Waals surface area (Å²) in [7, 11) is 0. The van der Waals surface area contributed by atoms with E-state index in [0.29, 0.717) is 29.9 Å². The van der Waals surface area contributed by atoms with Crippen LogP contribution in [0.1, 0.15) is 5.69 Å². The van der Waals surface area contributed by atoms with Gasteiger partial charge in [0.05, 0.1) is 18.7 Å². The lowest BCUT2D eigenvalue weighted by Crippen LogP contribution is -2.32. The normalized spacial score (nSPS) is 10.4. The molecule has 3 aromatic rings. The molecule has 0 fully saturated rings. The molecule has 0 atom stereocenters. The molecule has 0 unspecified atom stereocenters. The Hall–Kier alpha value is -3.14. The molecular formula is C15H15N7O2S. The van der Waals surface area contributed by atoms with E-state index in [-0.39, 0.29) is 17.9 Å². The second-order valence-electron chi connectivity index (χ2n) is 4.95. The van der Waals surface area contributed by atoms with E-state index >= 15 is 0 Å². The Morgan fingerprint density at radius 2 is 2.04 bits per heavy atom. The summed E-state index contributed by atoms with van der Waals surface area (Å²) in [6.45, 7) is 0.642. The van der Waals surface area contributed by atoms with Crippen LogP contribution in [0.5, 0.6) is 0 Å². The van der Waals surface area contributed by atoms with Gasteiger partial charge in [-0.05, 0) is 12.1 Å². The molecule has 0 aliphatic carbocycles. The Balaban J connectivity index is 1.47. The van der Waals surface area contributed by atoms with Crippen molar-refractivity contribution < 1.29 is 4.79 Å². The number of carbonyl (C=O) groups excluding carboxylic acids is 1. The monoisotopic (exact) mass is 357 g/mol. The van der Waals surface area contributed by atoms with E-state index in [0.717, 1.165) is 0 Å². The SMILES string of the molecule is O=C(Cc1csc(Nc2ncccn2)n1)NCCn1ncccc1=O. The van der Waals surface area contributed by atoms with Crippen LogP contribution >= 0.6 is 11.3 Å². The molecule has 3 aromatic heterocycles. The van der Waals surface area contributed by atoms with Crippen LogP contribution < -0.4 is 16.2 Å². The van der Waals surface area contributed by atoms with Gasteiger partial charge in [0.1, 0.15) is 0 Å². The topological polar surface area (TPSA) is 115 Å². The number of rotatable bonds is 7. The Bertz CT molecular complexity index is 894. The van der Waals surface area contributed by atoms with Gasteiger partial charge in [-0.25, -0.2) is 19.6 Å². The maximum absolute atomic E-state index is 12.0. The molecule has 0 radical (unpaired) electrons. The minimum atomic E-state index is -0.199. The average molecular weight is 357 g/mol. The van der Waals surface area contributed by atoms with Crippen LogP contribution in [0.15, 0.2) is 47.0 Å². The highest BCUT2D eigenvalue weighted by Gasteiger charge is 2.08. The Morgan fingerprint density at radius 1 is 1.20 bits per heavy atom. The third-order valence-electron chi connectivity index (χ3n) is 3.11. The first-order chi connectivity index (χ1) is 12.2. The van der Waals surface area contributed by atoms with Gasteiger partial charge >= 0.3 is 0 Å². The molecule has 0 saturated carbocycles. The van der Waals surface area contributed by atoms with Gasteiger partial charge in [-0.3, -0.25) is 9.59 Å². The summed E-state index contributed by atoms with van der Waals surface area (Å²) in [4.78, 5) is 35.9. The fourth-order valence-electron chi connectivity index (χ4n) is 1.99. The lowest BCUT2D eigenvalue weighted by atomic mass is 10.3. The molecule has 0 aliphatic rings. The van der Waals surface area contributed by atoms with E-state index in [1.165, 1.54) is 28.3 Å². The first-order valence-electron chi connectivity index (χ1n) is 7.48. The number of amides is 1. The summed E-state index contributed by atoms with van der Waals surface area (Å²) < 4.78 is 1.30. The first-order valence-corrected chi connectivity index (χ1v) is 8.36. The largest absolute Gasteiger partial charge is 0.354 e. The molecule has 10 heteroatoms. The van der Waals surface area contributed by atoms with Crippen LogP contribution in [-0.4, -0.2) is 37.2 Å². The van der Waals surface area contributed by atoms with Gasteiger partial charge in [-0.1, -0.05) is 0 Å². The zero-order valence-corrected chi connectivity index (χ0v) is 13.9.